The molecule has 0 saturated carbocycles. The van der Waals surface area contributed by atoms with Crippen LogP contribution < -0.4 is 0 Å². The summed E-state index contributed by atoms with van der Waals surface area (Å²) in [7, 11) is 0. The maximum atomic E-state index is 11.0. The lowest BCUT2D eigenvalue weighted by molar-refractivity contribution is -0.139. The number of hydrogen-bond acceptors (Lipinski definition) is 2. The van der Waals surface area contributed by atoms with Gasteiger partial charge >= 0.3 is 11.9 Å². The van der Waals surface area contributed by atoms with Gasteiger partial charge in [-0.1, -0.05) is 38.7 Å². The Labute approximate surface area is 102 Å². The first-order chi connectivity index (χ1) is 8.02. The van der Waals surface area contributed by atoms with Crippen LogP contribution in [-0.4, -0.2) is 22.2 Å². The van der Waals surface area contributed by atoms with E-state index in [4.69, 9.17) is 10.2 Å². The van der Waals surface area contributed by atoms with Crippen LogP contribution in [0.1, 0.15) is 58.8 Å². The first-order valence-corrected chi connectivity index (χ1v) is 6.18. The van der Waals surface area contributed by atoms with E-state index < -0.39 is 11.9 Å². The summed E-state index contributed by atoms with van der Waals surface area (Å²) >= 11 is 0. The molecule has 17 heavy (non-hydrogen) atoms. The maximum Gasteiger partial charge on any atom is 0.332 e. The van der Waals surface area contributed by atoms with Crippen molar-refractivity contribution in [2.45, 2.75) is 58.8 Å². The molecule has 4 heteroatoms. The van der Waals surface area contributed by atoms with Crippen molar-refractivity contribution in [2.24, 2.45) is 0 Å². The van der Waals surface area contributed by atoms with Gasteiger partial charge in [0.25, 0.3) is 0 Å². The van der Waals surface area contributed by atoms with Gasteiger partial charge in [0.15, 0.2) is 0 Å². The van der Waals surface area contributed by atoms with Crippen LogP contribution in [0.4, 0.5) is 0 Å². The predicted molar refractivity (Wildman–Crippen MR) is 66.0 cm³/mol. The van der Waals surface area contributed by atoms with Gasteiger partial charge in [0.2, 0.25) is 0 Å². The summed E-state index contributed by atoms with van der Waals surface area (Å²) in [5, 5.41) is 17.7. The monoisotopic (exact) mass is 242 g/mol. The fourth-order valence-electron chi connectivity index (χ4n) is 1.81. The first kappa shape index (κ1) is 15.7. The highest BCUT2D eigenvalue weighted by atomic mass is 16.4. The summed E-state index contributed by atoms with van der Waals surface area (Å²) in [6.07, 6.45) is 5.20. The first-order valence-electron chi connectivity index (χ1n) is 6.18. The summed E-state index contributed by atoms with van der Waals surface area (Å²) < 4.78 is 0. The zero-order valence-electron chi connectivity index (χ0n) is 10.7. The van der Waals surface area contributed by atoms with Gasteiger partial charge in [-0.3, -0.25) is 4.79 Å². The Morgan fingerprint density at radius 3 is 2.06 bits per heavy atom. The Morgan fingerprint density at radius 2 is 1.65 bits per heavy atom. The Balaban J connectivity index is 4.59. The highest BCUT2D eigenvalue weighted by molar-refractivity contribution is 5.92. The predicted octanol–water partition coefficient (Wildman–Crippen LogP) is 3.22. The molecule has 0 bridgehead atoms. The minimum atomic E-state index is -1.10. The summed E-state index contributed by atoms with van der Waals surface area (Å²) in [6, 6.07) is 0. The number of rotatable bonds is 9. The van der Waals surface area contributed by atoms with Crippen molar-refractivity contribution in [3.05, 3.63) is 11.1 Å². The van der Waals surface area contributed by atoms with Crippen molar-refractivity contribution in [2.75, 3.05) is 0 Å². The van der Waals surface area contributed by atoms with Crippen LogP contribution in [0, 0.1) is 0 Å². The molecule has 0 radical (unpaired) electrons. The fraction of sp³-hybridized carbons (Fsp3) is 0.692. The van der Waals surface area contributed by atoms with E-state index in [0.717, 1.165) is 31.3 Å². The van der Waals surface area contributed by atoms with E-state index in [-0.39, 0.29) is 12.0 Å². The standard InChI is InChI=1S/C13H22O4/c1-3-5-6-7-8-10(4-2)11(13(16)17)9-12(14)15/h3-9H2,1-2H3,(H,14,15)(H,16,17). The molecule has 98 valence electrons. The quantitative estimate of drug-likeness (QED) is 0.481. The van der Waals surface area contributed by atoms with Crippen LogP contribution in [-0.2, 0) is 9.59 Å². The second-order valence-electron chi connectivity index (χ2n) is 4.12. The molecule has 2 N–H and O–H groups in total. The zero-order valence-corrected chi connectivity index (χ0v) is 10.7. The third-order valence-corrected chi connectivity index (χ3v) is 2.77. The number of allylic oxidation sites excluding steroid dienone is 1. The SMILES string of the molecule is CCCCCCC(CC)=C(CC(=O)O)C(=O)O. The normalized spacial score (nSPS) is 12.1. The molecule has 0 aromatic carbocycles. The Morgan fingerprint density at radius 1 is 1.00 bits per heavy atom. The van der Waals surface area contributed by atoms with E-state index in [0.29, 0.717) is 12.8 Å². The lowest BCUT2D eigenvalue weighted by Gasteiger charge is -2.09. The zero-order chi connectivity index (χ0) is 13.3. The molecule has 0 aromatic rings. The van der Waals surface area contributed by atoms with E-state index in [1.54, 1.807) is 0 Å². The second-order valence-corrected chi connectivity index (χ2v) is 4.12. The Kier molecular flexibility index (Phi) is 8.11. The van der Waals surface area contributed by atoms with E-state index in [2.05, 4.69) is 6.92 Å². The van der Waals surface area contributed by atoms with Gasteiger partial charge in [-0.15, -0.1) is 0 Å². The molecule has 4 nitrogen and oxygen atoms in total. The molecule has 0 saturated heterocycles. The molecule has 0 aliphatic heterocycles. The van der Waals surface area contributed by atoms with Crippen LogP contribution in [0.2, 0.25) is 0 Å². The van der Waals surface area contributed by atoms with Crippen molar-refractivity contribution in [3.8, 4) is 0 Å². The largest absolute Gasteiger partial charge is 0.481 e. The molecule has 0 aromatic heterocycles. The molecule has 0 heterocycles. The van der Waals surface area contributed by atoms with Crippen LogP contribution in [0.15, 0.2) is 11.1 Å². The molecule has 0 unspecified atom stereocenters. The van der Waals surface area contributed by atoms with Crippen molar-refractivity contribution >= 4 is 11.9 Å². The third-order valence-electron chi connectivity index (χ3n) is 2.77. The molecule has 0 aliphatic carbocycles. The Hall–Kier alpha value is -1.32. The number of unbranched alkanes of at least 4 members (excludes halogenated alkanes) is 3. The maximum absolute atomic E-state index is 11.0. The van der Waals surface area contributed by atoms with Gasteiger partial charge in [0.1, 0.15) is 0 Å². The lowest BCUT2D eigenvalue weighted by Crippen LogP contribution is -2.10. The van der Waals surface area contributed by atoms with Crippen LogP contribution in [0.5, 0.6) is 0 Å². The molecule has 0 aliphatic rings. The molecular weight excluding hydrogens is 220 g/mol. The van der Waals surface area contributed by atoms with Gasteiger partial charge in [0, 0.05) is 5.57 Å². The van der Waals surface area contributed by atoms with Gasteiger partial charge in [-0.05, 0) is 19.3 Å². The van der Waals surface area contributed by atoms with Crippen LogP contribution in [0.3, 0.4) is 0 Å². The number of aliphatic carboxylic acids is 2. The van der Waals surface area contributed by atoms with E-state index in [9.17, 15) is 9.59 Å². The van der Waals surface area contributed by atoms with Gasteiger partial charge in [0.05, 0.1) is 6.42 Å². The van der Waals surface area contributed by atoms with Crippen molar-refractivity contribution < 1.29 is 19.8 Å². The molecule has 0 fully saturated rings. The number of carbonyl (C=O) groups is 2. The minimum absolute atomic E-state index is 0.0662. The third kappa shape index (κ3) is 6.76. The average molecular weight is 242 g/mol. The van der Waals surface area contributed by atoms with Gasteiger partial charge in [-0.25, -0.2) is 4.79 Å². The lowest BCUT2D eigenvalue weighted by atomic mass is 9.97. The van der Waals surface area contributed by atoms with Crippen molar-refractivity contribution in [1.29, 1.82) is 0 Å². The molecule has 0 amide bonds. The van der Waals surface area contributed by atoms with Gasteiger partial charge in [-0.2, -0.15) is 0 Å². The molecule has 0 rings (SSSR count). The number of hydrogen-bond donors (Lipinski definition) is 2. The van der Waals surface area contributed by atoms with Crippen molar-refractivity contribution in [3.63, 3.8) is 0 Å². The smallest absolute Gasteiger partial charge is 0.332 e. The Bertz CT molecular complexity index is 292. The number of carboxylic acids is 2. The molecule has 0 spiro atoms. The minimum Gasteiger partial charge on any atom is -0.481 e. The van der Waals surface area contributed by atoms with Gasteiger partial charge < -0.3 is 10.2 Å². The van der Waals surface area contributed by atoms with E-state index >= 15 is 0 Å². The fourth-order valence-corrected chi connectivity index (χ4v) is 1.81. The van der Waals surface area contributed by atoms with E-state index in [1.165, 1.54) is 0 Å². The summed E-state index contributed by atoms with van der Waals surface area (Å²) in [5.41, 5.74) is 0.840. The topological polar surface area (TPSA) is 74.6 Å². The van der Waals surface area contributed by atoms with E-state index in [1.807, 2.05) is 6.92 Å². The molecular formula is C13H22O4. The summed E-state index contributed by atoms with van der Waals surface area (Å²) in [5.74, 6) is -2.18. The summed E-state index contributed by atoms with van der Waals surface area (Å²) in [6.45, 7) is 3.99. The van der Waals surface area contributed by atoms with Crippen molar-refractivity contribution in [1.82, 2.24) is 0 Å². The summed E-state index contributed by atoms with van der Waals surface area (Å²) in [4.78, 5) is 21.6. The average Bonchev–Trinajstić information content (AvgIpc) is 2.26. The highest BCUT2D eigenvalue weighted by Gasteiger charge is 2.16. The van der Waals surface area contributed by atoms with Crippen LogP contribution in [0.25, 0.3) is 0 Å². The van der Waals surface area contributed by atoms with Crippen LogP contribution >= 0.6 is 0 Å². The second kappa shape index (κ2) is 8.79. The molecule has 0 atom stereocenters. The number of carboxylic acid groups (broad SMARTS) is 2. The highest BCUT2D eigenvalue weighted by Crippen LogP contribution is 2.20.